The number of hydrogen-bond donors (Lipinski definition) is 0. The second kappa shape index (κ2) is 5.74. The van der Waals surface area contributed by atoms with E-state index in [0.717, 1.165) is 19.3 Å². The molecule has 5 heteroatoms. The summed E-state index contributed by atoms with van der Waals surface area (Å²) >= 11 is 0. The topological polar surface area (TPSA) is 26.3 Å². The van der Waals surface area contributed by atoms with Gasteiger partial charge in [0.1, 0.15) is 6.61 Å². The molecule has 1 aliphatic carbocycles. The fourth-order valence-corrected chi connectivity index (χ4v) is 2.24. The lowest BCUT2D eigenvalue weighted by Crippen LogP contribution is -2.18. The quantitative estimate of drug-likeness (QED) is 0.607. The fraction of sp³-hybridized carbons (Fsp3) is 0.500. The van der Waals surface area contributed by atoms with E-state index in [4.69, 9.17) is 0 Å². The third kappa shape index (κ3) is 4.06. The molecule has 0 N–H and O–H groups in total. The first-order chi connectivity index (χ1) is 8.96. The van der Waals surface area contributed by atoms with Gasteiger partial charge in [0.25, 0.3) is 0 Å². The van der Waals surface area contributed by atoms with Crippen LogP contribution < -0.4 is 0 Å². The lowest BCUT2D eigenvalue weighted by Gasteiger charge is -2.07. The average Bonchev–Trinajstić information content (AvgIpc) is 2.80. The lowest BCUT2D eigenvalue weighted by molar-refractivity contribution is -0.173. The van der Waals surface area contributed by atoms with Gasteiger partial charge in [0, 0.05) is 12.0 Å². The standard InChI is InChI=1S/C14H15F3O2/c15-14(16,17)9-19-7-6-13(18)12-5-4-10-2-1-3-11(10)8-12/h4-5,8H,1-3,6-7,9H2. The minimum Gasteiger partial charge on any atom is -0.372 e. The Morgan fingerprint density at radius 2 is 1.95 bits per heavy atom. The molecule has 0 amide bonds. The summed E-state index contributed by atoms with van der Waals surface area (Å²) in [5.41, 5.74) is 3.02. The number of carbonyl (C=O) groups excluding carboxylic acids is 1. The summed E-state index contributed by atoms with van der Waals surface area (Å²) in [6.07, 6.45) is -1.24. The van der Waals surface area contributed by atoms with E-state index in [1.807, 2.05) is 12.1 Å². The first-order valence-corrected chi connectivity index (χ1v) is 6.25. The maximum absolute atomic E-state index is 11.8. The average molecular weight is 272 g/mol. The van der Waals surface area contributed by atoms with Crippen molar-refractivity contribution in [1.29, 1.82) is 0 Å². The third-order valence-electron chi connectivity index (χ3n) is 3.16. The molecule has 1 aromatic rings. The monoisotopic (exact) mass is 272 g/mol. The molecular weight excluding hydrogens is 257 g/mol. The summed E-state index contributed by atoms with van der Waals surface area (Å²) in [7, 11) is 0. The number of Topliss-reactive ketones (excluding diaryl/α,β-unsaturated/α-hetero) is 1. The highest BCUT2D eigenvalue weighted by Crippen LogP contribution is 2.23. The number of carbonyl (C=O) groups is 1. The lowest BCUT2D eigenvalue weighted by atomic mass is 10.0. The zero-order valence-electron chi connectivity index (χ0n) is 10.4. The second-order valence-electron chi connectivity index (χ2n) is 4.68. The largest absolute Gasteiger partial charge is 0.411 e. The zero-order chi connectivity index (χ0) is 13.9. The molecule has 0 saturated heterocycles. The minimum atomic E-state index is -4.34. The van der Waals surface area contributed by atoms with E-state index >= 15 is 0 Å². The summed E-state index contributed by atoms with van der Waals surface area (Å²) in [5.74, 6) is -0.170. The van der Waals surface area contributed by atoms with Gasteiger partial charge in [-0.2, -0.15) is 13.2 Å². The summed E-state index contributed by atoms with van der Waals surface area (Å²) in [5, 5.41) is 0. The van der Waals surface area contributed by atoms with Crippen LogP contribution >= 0.6 is 0 Å². The Bertz CT molecular complexity index is 466. The fourth-order valence-electron chi connectivity index (χ4n) is 2.24. The number of ether oxygens (including phenoxy) is 1. The molecule has 104 valence electrons. The van der Waals surface area contributed by atoms with Gasteiger partial charge in [0.2, 0.25) is 0 Å². The maximum Gasteiger partial charge on any atom is 0.411 e. The van der Waals surface area contributed by atoms with Crippen molar-refractivity contribution in [2.24, 2.45) is 0 Å². The van der Waals surface area contributed by atoms with Gasteiger partial charge in [-0.25, -0.2) is 0 Å². The highest BCUT2D eigenvalue weighted by atomic mass is 19.4. The highest BCUT2D eigenvalue weighted by molar-refractivity contribution is 5.96. The van der Waals surface area contributed by atoms with Crippen LogP contribution in [0.5, 0.6) is 0 Å². The van der Waals surface area contributed by atoms with Gasteiger partial charge < -0.3 is 4.74 Å². The molecular formula is C14H15F3O2. The summed E-state index contributed by atoms with van der Waals surface area (Å²) in [6.45, 7) is -1.50. The number of ketones is 1. The molecule has 0 saturated carbocycles. The van der Waals surface area contributed by atoms with Gasteiger partial charge in [-0.15, -0.1) is 0 Å². The van der Waals surface area contributed by atoms with Crippen LogP contribution in [0.15, 0.2) is 18.2 Å². The molecule has 0 radical (unpaired) electrons. The van der Waals surface area contributed by atoms with Gasteiger partial charge >= 0.3 is 6.18 Å². The molecule has 1 aliphatic rings. The van der Waals surface area contributed by atoms with Gasteiger partial charge in [0.05, 0.1) is 6.61 Å². The first-order valence-electron chi connectivity index (χ1n) is 6.25. The van der Waals surface area contributed by atoms with E-state index in [1.165, 1.54) is 11.1 Å². The Hall–Kier alpha value is -1.36. The molecule has 0 unspecified atom stereocenters. The number of halogens is 3. The Morgan fingerprint density at radius 3 is 2.68 bits per heavy atom. The molecule has 19 heavy (non-hydrogen) atoms. The van der Waals surface area contributed by atoms with Crippen molar-refractivity contribution in [2.45, 2.75) is 31.9 Å². The van der Waals surface area contributed by atoms with Crippen LogP contribution in [0.2, 0.25) is 0 Å². The third-order valence-corrected chi connectivity index (χ3v) is 3.16. The smallest absolute Gasteiger partial charge is 0.372 e. The number of rotatable bonds is 5. The first kappa shape index (κ1) is 14.1. The molecule has 0 aromatic heterocycles. The van der Waals surface area contributed by atoms with Crippen LogP contribution in [0.4, 0.5) is 13.2 Å². The van der Waals surface area contributed by atoms with Crippen LogP contribution in [0.25, 0.3) is 0 Å². The Labute approximate surface area is 109 Å². The Kier molecular flexibility index (Phi) is 4.24. The van der Waals surface area contributed by atoms with Crippen molar-refractivity contribution >= 4 is 5.78 Å². The molecule has 2 rings (SSSR count). The van der Waals surface area contributed by atoms with Gasteiger partial charge in [-0.05, 0) is 36.5 Å². The van der Waals surface area contributed by atoms with Gasteiger partial charge in [0.15, 0.2) is 5.78 Å². The predicted octanol–water partition coefficient (Wildman–Crippen LogP) is 3.33. The minimum absolute atomic E-state index is 0.0190. The zero-order valence-corrected chi connectivity index (χ0v) is 10.4. The Balaban J connectivity index is 1.83. The molecule has 0 fully saturated rings. The number of aryl methyl sites for hydroxylation is 2. The van der Waals surface area contributed by atoms with E-state index in [9.17, 15) is 18.0 Å². The molecule has 2 nitrogen and oxygen atoms in total. The van der Waals surface area contributed by atoms with E-state index < -0.39 is 12.8 Å². The second-order valence-corrected chi connectivity index (χ2v) is 4.68. The van der Waals surface area contributed by atoms with Crippen molar-refractivity contribution in [2.75, 3.05) is 13.2 Å². The van der Waals surface area contributed by atoms with Crippen LogP contribution in [0.1, 0.15) is 34.3 Å². The van der Waals surface area contributed by atoms with Crippen molar-refractivity contribution in [3.05, 3.63) is 34.9 Å². The maximum atomic E-state index is 11.8. The van der Waals surface area contributed by atoms with Crippen molar-refractivity contribution in [3.8, 4) is 0 Å². The van der Waals surface area contributed by atoms with E-state index in [-0.39, 0.29) is 18.8 Å². The molecule has 0 atom stereocenters. The van der Waals surface area contributed by atoms with Crippen molar-refractivity contribution < 1.29 is 22.7 Å². The SMILES string of the molecule is O=C(CCOCC(F)(F)F)c1ccc2c(c1)CCC2. The highest BCUT2D eigenvalue weighted by Gasteiger charge is 2.27. The van der Waals surface area contributed by atoms with Crippen molar-refractivity contribution in [1.82, 2.24) is 0 Å². The van der Waals surface area contributed by atoms with Crippen molar-refractivity contribution in [3.63, 3.8) is 0 Å². The van der Waals surface area contributed by atoms with E-state index in [1.54, 1.807) is 6.07 Å². The number of fused-ring (bicyclic) bond motifs is 1. The van der Waals surface area contributed by atoms with E-state index in [2.05, 4.69) is 4.74 Å². The summed E-state index contributed by atoms with van der Waals surface area (Å²) in [6, 6.07) is 5.54. The van der Waals surface area contributed by atoms with Crippen LogP contribution in [-0.2, 0) is 17.6 Å². The molecule has 0 aliphatic heterocycles. The molecule has 0 spiro atoms. The predicted molar refractivity (Wildman–Crippen MR) is 64.3 cm³/mol. The van der Waals surface area contributed by atoms with Crippen LogP contribution in [0, 0.1) is 0 Å². The van der Waals surface area contributed by atoms with Crippen LogP contribution in [0.3, 0.4) is 0 Å². The summed E-state index contributed by atoms with van der Waals surface area (Å²) < 4.78 is 40.0. The summed E-state index contributed by atoms with van der Waals surface area (Å²) in [4.78, 5) is 11.8. The Morgan fingerprint density at radius 1 is 1.21 bits per heavy atom. The molecule has 0 bridgehead atoms. The number of hydrogen-bond acceptors (Lipinski definition) is 2. The molecule has 1 aromatic carbocycles. The van der Waals surface area contributed by atoms with E-state index in [0.29, 0.717) is 5.56 Å². The van der Waals surface area contributed by atoms with Gasteiger partial charge in [-0.1, -0.05) is 12.1 Å². The van der Waals surface area contributed by atoms with Crippen LogP contribution in [-0.4, -0.2) is 25.2 Å². The molecule has 0 heterocycles. The van der Waals surface area contributed by atoms with Gasteiger partial charge in [-0.3, -0.25) is 4.79 Å². The number of alkyl halides is 3. The number of benzene rings is 1. The normalized spacial score (nSPS) is 14.5.